The number of ether oxygens (including phenoxy) is 3. The second-order valence-electron chi connectivity index (χ2n) is 15.0. The van der Waals surface area contributed by atoms with E-state index in [0.29, 0.717) is 16.8 Å². The van der Waals surface area contributed by atoms with Gasteiger partial charge in [-0.2, -0.15) is 13.5 Å². The Morgan fingerprint density at radius 1 is 0.966 bits per heavy atom. The molecular formula is C41H42Cl2F2N3O9S+. The van der Waals surface area contributed by atoms with Crippen LogP contribution in [0.25, 0.3) is 0 Å². The summed E-state index contributed by atoms with van der Waals surface area (Å²) in [6.45, 7) is 1.17. The largest absolute Gasteiger partial charge is 0.489 e. The highest BCUT2D eigenvalue weighted by atomic mass is 35.5. The quantitative estimate of drug-likeness (QED) is 0.0613. The van der Waals surface area contributed by atoms with Crippen LogP contribution in [0.4, 0.5) is 8.78 Å². The van der Waals surface area contributed by atoms with Crippen LogP contribution in [0.1, 0.15) is 75.8 Å². The summed E-state index contributed by atoms with van der Waals surface area (Å²) in [7, 11) is -4.95. The van der Waals surface area contributed by atoms with E-state index in [1.165, 1.54) is 42.7 Å². The van der Waals surface area contributed by atoms with Crippen LogP contribution in [0.5, 0.6) is 11.5 Å². The first-order chi connectivity index (χ1) is 27.7. The van der Waals surface area contributed by atoms with Gasteiger partial charge in [0.1, 0.15) is 27.1 Å². The predicted octanol–water partition coefficient (Wildman–Crippen LogP) is 6.95. The predicted molar refractivity (Wildman–Crippen MR) is 207 cm³/mol. The van der Waals surface area contributed by atoms with Gasteiger partial charge in [0.2, 0.25) is 22.4 Å². The zero-order chi connectivity index (χ0) is 41.3. The van der Waals surface area contributed by atoms with Crippen LogP contribution in [0.3, 0.4) is 0 Å². The summed E-state index contributed by atoms with van der Waals surface area (Å²) < 4.78 is 76.8. The molecular weight excluding hydrogens is 819 g/mol. The fourth-order valence-corrected chi connectivity index (χ4v) is 9.90. The van der Waals surface area contributed by atoms with E-state index in [9.17, 15) is 37.1 Å². The third-order valence-corrected chi connectivity index (χ3v) is 13.1. The van der Waals surface area contributed by atoms with Crippen molar-refractivity contribution >= 4 is 45.2 Å². The van der Waals surface area contributed by atoms with Crippen LogP contribution >= 0.6 is 23.2 Å². The standard InChI is InChI=1S/C41H41Cl2F2N3O9S/c1-23-5-9-26(10-6-23)37(40(51)56-36-21-47-15-13-25(36)14-16-47)46-58(53,54)38-28(3-2-4-29(38)39(49)50)30(18-31-32(42)19-48(52)20-33(31)43)27-11-12-34(57-41(44)45)35(17-27)55-22-24-7-8-24/h2-6,9-12,17,19-20,24-25,30,36-37,41,46H,7-8,13-16,18,21-22H2,1H3,(H-,49,50,52)/p+1/t30-,36-,37?/m0/s1. The van der Waals surface area contributed by atoms with Gasteiger partial charge < -0.3 is 19.3 Å². The van der Waals surface area contributed by atoms with Crippen LogP contribution < -0.4 is 18.9 Å². The van der Waals surface area contributed by atoms with Crippen molar-refractivity contribution in [1.82, 2.24) is 9.62 Å². The number of carboxylic acid groups (broad SMARTS) is 1. The molecule has 3 aromatic carbocycles. The smallest absolute Gasteiger partial charge is 0.387 e. The molecule has 3 N–H and O–H groups in total. The summed E-state index contributed by atoms with van der Waals surface area (Å²) >= 11 is 13.2. The number of sulfonamides is 1. The van der Waals surface area contributed by atoms with Crippen molar-refractivity contribution in [3.05, 3.63) is 116 Å². The lowest BCUT2D eigenvalue weighted by atomic mass is 9.85. The number of halogens is 4. The average Bonchev–Trinajstić information content (AvgIpc) is 4.02. The van der Waals surface area contributed by atoms with Crippen LogP contribution in [-0.2, 0) is 26.0 Å². The van der Waals surface area contributed by atoms with E-state index in [2.05, 4.69) is 9.62 Å². The number of benzene rings is 3. The minimum absolute atomic E-state index is 0.00490. The highest BCUT2D eigenvalue weighted by molar-refractivity contribution is 7.89. The zero-order valence-corrected chi connectivity index (χ0v) is 33.7. The highest BCUT2D eigenvalue weighted by Crippen LogP contribution is 2.42. The first-order valence-electron chi connectivity index (χ1n) is 18.8. The van der Waals surface area contributed by atoms with Gasteiger partial charge >= 0.3 is 18.6 Å². The van der Waals surface area contributed by atoms with Crippen molar-refractivity contribution in [2.75, 3.05) is 26.2 Å². The third kappa shape index (κ3) is 9.50. The van der Waals surface area contributed by atoms with Gasteiger partial charge in [0.15, 0.2) is 11.5 Å². The minimum atomic E-state index is -4.95. The number of carboxylic acids is 1. The molecule has 1 aliphatic carbocycles. The summed E-state index contributed by atoms with van der Waals surface area (Å²) in [5, 5.41) is 20.6. The molecule has 4 aromatic rings. The number of esters is 1. The maximum Gasteiger partial charge on any atom is 0.387 e. The maximum atomic E-state index is 14.9. The number of hydrogen-bond acceptors (Lipinski definition) is 9. The first kappa shape index (κ1) is 41.6. The number of alkyl halides is 2. The molecule has 3 saturated heterocycles. The van der Waals surface area contributed by atoms with Gasteiger partial charge in [-0.1, -0.05) is 71.2 Å². The van der Waals surface area contributed by atoms with E-state index < -0.39 is 57.1 Å². The van der Waals surface area contributed by atoms with Crippen molar-refractivity contribution in [2.24, 2.45) is 11.8 Å². The Bertz CT molecular complexity index is 2270. The number of aromatic carboxylic acids is 1. The van der Waals surface area contributed by atoms with Crippen molar-refractivity contribution < 1.29 is 56.0 Å². The molecule has 17 heteroatoms. The van der Waals surface area contributed by atoms with Gasteiger partial charge in [0.25, 0.3) is 0 Å². The Morgan fingerprint density at radius 3 is 2.24 bits per heavy atom. The fourth-order valence-electron chi connectivity index (χ4n) is 7.67. The Hall–Kier alpha value is -4.54. The number of pyridine rings is 1. The molecule has 1 unspecified atom stereocenters. The van der Waals surface area contributed by atoms with E-state index in [-0.39, 0.29) is 63.1 Å². The maximum absolute atomic E-state index is 14.9. The molecule has 1 saturated carbocycles. The number of aromatic nitrogens is 1. The lowest BCUT2D eigenvalue weighted by Gasteiger charge is -2.44. The topological polar surface area (TPSA) is 156 Å². The van der Waals surface area contributed by atoms with Crippen LogP contribution in [0, 0.1) is 18.8 Å². The Morgan fingerprint density at radius 2 is 1.64 bits per heavy atom. The number of nitrogens with one attached hydrogen (secondary N) is 1. The van der Waals surface area contributed by atoms with E-state index in [1.807, 2.05) is 6.92 Å². The number of rotatable bonds is 16. The molecule has 4 heterocycles. The fraction of sp³-hybridized carbons (Fsp3) is 0.390. The van der Waals surface area contributed by atoms with E-state index in [1.54, 1.807) is 24.3 Å². The van der Waals surface area contributed by atoms with Gasteiger partial charge in [-0.05, 0) is 98.8 Å². The molecule has 3 aliphatic heterocycles. The van der Waals surface area contributed by atoms with Gasteiger partial charge in [-0.25, -0.2) is 18.0 Å². The molecule has 0 radical (unpaired) electrons. The van der Waals surface area contributed by atoms with Crippen LogP contribution in [0.15, 0.2) is 78.0 Å². The molecule has 2 bridgehead atoms. The van der Waals surface area contributed by atoms with Gasteiger partial charge in [0, 0.05) is 22.8 Å². The first-order valence-corrected chi connectivity index (χ1v) is 21.1. The number of nitrogens with zero attached hydrogens (tertiary/aromatic N) is 2. The Labute approximate surface area is 344 Å². The summed E-state index contributed by atoms with van der Waals surface area (Å²) in [5.41, 5.74) is 1.03. The molecule has 58 heavy (non-hydrogen) atoms. The minimum Gasteiger partial charge on any atom is -0.489 e. The summed E-state index contributed by atoms with van der Waals surface area (Å²) in [4.78, 5) is 28.6. The number of carbonyl (C=O) groups excluding carboxylic acids is 1. The molecule has 12 nitrogen and oxygen atoms in total. The normalized spacial score (nSPS) is 20.1. The average molecular weight is 862 g/mol. The highest BCUT2D eigenvalue weighted by Gasteiger charge is 2.40. The number of aryl methyl sites for hydroxylation is 1. The number of fused-ring (bicyclic) bond motifs is 3. The summed E-state index contributed by atoms with van der Waals surface area (Å²) in [6, 6.07) is 13.1. The summed E-state index contributed by atoms with van der Waals surface area (Å²) in [6.07, 6.45) is 5.19. The zero-order valence-electron chi connectivity index (χ0n) is 31.3. The lowest BCUT2D eigenvalue weighted by Crippen LogP contribution is -2.52. The summed E-state index contributed by atoms with van der Waals surface area (Å²) in [5.74, 6) is -3.47. The van der Waals surface area contributed by atoms with Gasteiger partial charge in [-0.3, -0.25) is 10.1 Å². The number of hydrogen-bond donors (Lipinski definition) is 3. The molecule has 4 aliphatic rings. The van der Waals surface area contributed by atoms with Crippen LogP contribution in [0.2, 0.25) is 10.0 Å². The number of piperidine rings is 3. The lowest BCUT2D eigenvalue weighted by molar-refractivity contribution is -0.904. The second-order valence-corrected chi connectivity index (χ2v) is 17.5. The molecule has 1 aromatic heterocycles. The number of carbonyl (C=O) groups is 2. The second kappa shape index (κ2) is 17.4. The molecule has 4 fully saturated rings. The van der Waals surface area contributed by atoms with E-state index >= 15 is 0 Å². The van der Waals surface area contributed by atoms with Crippen molar-refractivity contribution in [2.45, 2.75) is 68.6 Å². The van der Waals surface area contributed by atoms with E-state index in [0.717, 1.165) is 50.4 Å². The van der Waals surface area contributed by atoms with Gasteiger partial charge in [-0.15, -0.1) is 0 Å². The van der Waals surface area contributed by atoms with Crippen molar-refractivity contribution in [1.29, 1.82) is 0 Å². The Kier molecular flexibility index (Phi) is 12.5. The van der Waals surface area contributed by atoms with Crippen LogP contribution in [-0.4, -0.2) is 74.5 Å². The molecule has 3 atom stereocenters. The van der Waals surface area contributed by atoms with E-state index in [4.69, 9.17) is 37.4 Å². The monoisotopic (exact) mass is 860 g/mol. The third-order valence-electron chi connectivity index (χ3n) is 10.9. The van der Waals surface area contributed by atoms with Gasteiger partial charge in [0.05, 0.1) is 12.2 Å². The molecule has 0 amide bonds. The molecule has 8 rings (SSSR count). The molecule has 308 valence electrons. The Balaban J connectivity index is 1.35. The molecule has 0 spiro atoms. The SMILES string of the molecule is Cc1ccc(C(NS(=O)(=O)c2c(C(=O)O)cccc2[C@@H](Cc2c(Cl)c[n+](O)cc2Cl)c2ccc(OC(F)F)c(OCC3CC3)c2)C(=O)O[C@H]2CN3CCC2CC3)cc1. The van der Waals surface area contributed by atoms with Crippen molar-refractivity contribution in [3.8, 4) is 11.5 Å². The van der Waals surface area contributed by atoms with Crippen molar-refractivity contribution in [3.63, 3.8) is 0 Å².